The van der Waals surface area contributed by atoms with Gasteiger partial charge in [-0.2, -0.15) is 0 Å². The van der Waals surface area contributed by atoms with Gasteiger partial charge in [-0.3, -0.25) is 9.78 Å². The van der Waals surface area contributed by atoms with Crippen LogP contribution in [0.4, 0.5) is 0 Å². The predicted octanol–water partition coefficient (Wildman–Crippen LogP) is 1.51. The second-order valence-electron chi connectivity index (χ2n) is 4.59. The van der Waals surface area contributed by atoms with Gasteiger partial charge in [0.2, 0.25) is 0 Å². The van der Waals surface area contributed by atoms with Crippen molar-refractivity contribution in [3.63, 3.8) is 0 Å². The monoisotopic (exact) mass is 249 g/mol. The van der Waals surface area contributed by atoms with Gasteiger partial charge in [0.05, 0.1) is 12.3 Å². The Bertz CT molecular complexity index is 377. The van der Waals surface area contributed by atoms with Gasteiger partial charge in [0.25, 0.3) is 5.91 Å². The van der Waals surface area contributed by atoms with Gasteiger partial charge in [-0.1, -0.05) is 0 Å². The van der Waals surface area contributed by atoms with Crippen LogP contribution in [0.2, 0.25) is 0 Å². The van der Waals surface area contributed by atoms with Gasteiger partial charge in [0.15, 0.2) is 0 Å². The third kappa shape index (κ3) is 3.50. The van der Waals surface area contributed by atoms with Crippen LogP contribution in [-0.4, -0.2) is 47.1 Å². The van der Waals surface area contributed by atoms with E-state index in [1.807, 2.05) is 0 Å². The first-order valence-corrected chi connectivity index (χ1v) is 6.40. The summed E-state index contributed by atoms with van der Waals surface area (Å²) in [4.78, 5) is 21.6. The van der Waals surface area contributed by atoms with Crippen molar-refractivity contribution < 1.29 is 9.53 Å². The van der Waals surface area contributed by atoms with Gasteiger partial charge in [-0.15, -0.1) is 0 Å². The van der Waals surface area contributed by atoms with Crippen molar-refractivity contribution in [1.29, 1.82) is 0 Å². The van der Waals surface area contributed by atoms with Crippen LogP contribution in [0.5, 0.6) is 0 Å². The average molecular weight is 249 g/mol. The molecule has 1 aromatic rings. The molecule has 1 aliphatic heterocycles. The van der Waals surface area contributed by atoms with E-state index in [1.165, 1.54) is 18.8 Å². The molecule has 5 heteroatoms. The van der Waals surface area contributed by atoms with E-state index in [-0.39, 0.29) is 5.91 Å². The molecule has 0 aliphatic carbocycles. The summed E-state index contributed by atoms with van der Waals surface area (Å²) in [7, 11) is 1.79. The summed E-state index contributed by atoms with van der Waals surface area (Å²) < 4.78 is 5.65. The lowest BCUT2D eigenvalue weighted by Gasteiger charge is -2.25. The Hall–Kier alpha value is -1.49. The van der Waals surface area contributed by atoms with E-state index in [2.05, 4.69) is 9.97 Å². The number of amides is 1. The van der Waals surface area contributed by atoms with Gasteiger partial charge in [0.1, 0.15) is 5.69 Å². The molecular weight excluding hydrogens is 230 g/mol. The molecule has 5 nitrogen and oxygen atoms in total. The van der Waals surface area contributed by atoms with Crippen LogP contribution in [0.1, 0.15) is 36.2 Å². The standard InChI is InChI=1S/C13H19N3O2/c1-16(8-5-11-4-2-3-9-18-11)13(17)12-10-14-6-7-15-12/h6-7,10-11H,2-5,8-9H2,1H3. The maximum Gasteiger partial charge on any atom is 0.273 e. The smallest absolute Gasteiger partial charge is 0.273 e. The molecule has 1 atom stereocenters. The molecule has 1 fully saturated rings. The van der Waals surface area contributed by atoms with Crippen molar-refractivity contribution in [2.75, 3.05) is 20.2 Å². The summed E-state index contributed by atoms with van der Waals surface area (Å²) in [6.45, 7) is 1.55. The maximum absolute atomic E-state index is 12.0. The third-order valence-electron chi connectivity index (χ3n) is 3.19. The Morgan fingerprint density at radius 2 is 2.39 bits per heavy atom. The third-order valence-corrected chi connectivity index (χ3v) is 3.19. The van der Waals surface area contributed by atoms with Gasteiger partial charge in [0, 0.05) is 32.6 Å². The van der Waals surface area contributed by atoms with Gasteiger partial charge >= 0.3 is 0 Å². The number of carbonyl (C=O) groups excluding carboxylic acids is 1. The van der Waals surface area contributed by atoms with Gasteiger partial charge < -0.3 is 9.64 Å². The molecule has 0 saturated carbocycles. The van der Waals surface area contributed by atoms with Gasteiger partial charge in [-0.25, -0.2) is 4.98 Å². The van der Waals surface area contributed by atoms with E-state index in [1.54, 1.807) is 18.1 Å². The van der Waals surface area contributed by atoms with Crippen molar-refractivity contribution >= 4 is 5.91 Å². The van der Waals surface area contributed by atoms with E-state index in [9.17, 15) is 4.79 Å². The fourth-order valence-corrected chi connectivity index (χ4v) is 2.08. The molecule has 0 bridgehead atoms. The lowest BCUT2D eigenvalue weighted by atomic mass is 10.1. The zero-order chi connectivity index (χ0) is 12.8. The van der Waals surface area contributed by atoms with Crippen molar-refractivity contribution in [1.82, 2.24) is 14.9 Å². The average Bonchev–Trinajstić information content (AvgIpc) is 2.46. The minimum atomic E-state index is -0.0843. The highest BCUT2D eigenvalue weighted by molar-refractivity contribution is 5.91. The van der Waals surface area contributed by atoms with Crippen molar-refractivity contribution in [3.8, 4) is 0 Å². The summed E-state index contributed by atoms with van der Waals surface area (Å²) in [6.07, 6.45) is 9.27. The molecule has 1 unspecified atom stereocenters. The predicted molar refractivity (Wildman–Crippen MR) is 67.2 cm³/mol. The normalized spacial score (nSPS) is 19.5. The summed E-state index contributed by atoms with van der Waals surface area (Å²) in [5.74, 6) is -0.0843. The molecule has 2 rings (SSSR count). The molecule has 1 saturated heterocycles. The van der Waals surface area contributed by atoms with Crippen LogP contribution in [0.3, 0.4) is 0 Å². The Labute approximate surface area is 107 Å². The van der Waals surface area contributed by atoms with E-state index in [0.29, 0.717) is 18.3 Å². The second-order valence-corrected chi connectivity index (χ2v) is 4.59. The zero-order valence-corrected chi connectivity index (χ0v) is 10.7. The molecule has 0 N–H and O–H groups in total. The lowest BCUT2D eigenvalue weighted by Crippen LogP contribution is -2.32. The van der Waals surface area contributed by atoms with Crippen molar-refractivity contribution in [3.05, 3.63) is 24.3 Å². The van der Waals surface area contributed by atoms with E-state index >= 15 is 0 Å². The van der Waals surface area contributed by atoms with Crippen LogP contribution >= 0.6 is 0 Å². The SMILES string of the molecule is CN(CCC1CCCCO1)C(=O)c1cnccn1. The van der Waals surface area contributed by atoms with E-state index in [0.717, 1.165) is 25.9 Å². The van der Waals surface area contributed by atoms with Crippen molar-refractivity contribution in [2.45, 2.75) is 31.8 Å². The highest BCUT2D eigenvalue weighted by Crippen LogP contribution is 2.15. The van der Waals surface area contributed by atoms with E-state index in [4.69, 9.17) is 4.74 Å². The number of nitrogens with zero attached hydrogens (tertiary/aromatic N) is 3. The Kier molecular flexibility index (Phi) is 4.64. The zero-order valence-electron chi connectivity index (χ0n) is 10.7. The quantitative estimate of drug-likeness (QED) is 0.811. The molecule has 1 amide bonds. The molecule has 0 spiro atoms. The van der Waals surface area contributed by atoms with Crippen LogP contribution in [-0.2, 0) is 4.74 Å². The highest BCUT2D eigenvalue weighted by atomic mass is 16.5. The number of hydrogen-bond acceptors (Lipinski definition) is 4. The molecule has 0 radical (unpaired) electrons. The summed E-state index contributed by atoms with van der Waals surface area (Å²) in [5.41, 5.74) is 0.393. The van der Waals surface area contributed by atoms with Crippen LogP contribution < -0.4 is 0 Å². The van der Waals surface area contributed by atoms with E-state index < -0.39 is 0 Å². The lowest BCUT2D eigenvalue weighted by molar-refractivity contribution is 0.00705. The number of ether oxygens (including phenoxy) is 1. The molecule has 18 heavy (non-hydrogen) atoms. The van der Waals surface area contributed by atoms with Crippen LogP contribution in [0, 0.1) is 0 Å². The second kappa shape index (κ2) is 6.44. The highest BCUT2D eigenvalue weighted by Gasteiger charge is 2.17. The Morgan fingerprint density at radius 3 is 3.06 bits per heavy atom. The molecular formula is C13H19N3O2. The minimum absolute atomic E-state index is 0.0843. The number of aromatic nitrogens is 2. The first-order valence-electron chi connectivity index (χ1n) is 6.40. The summed E-state index contributed by atoms with van der Waals surface area (Å²) in [5, 5.41) is 0. The fraction of sp³-hybridized carbons (Fsp3) is 0.615. The minimum Gasteiger partial charge on any atom is -0.378 e. The van der Waals surface area contributed by atoms with Gasteiger partial charge in [-0.05, 0) is 25.7 Å². The fourth-order valence-electron chi connectivity index (χ4n) is 2.08. The first-order chi connectivity index (χ1) is 8.77. The van der Waals surface area contributed by atoms with Crippen LogP contribution in [0.25, 0.3) is 0 Å². The Morgan fingerprint density at radius 1 is 1.50 bits per heavy atom. The topological polar surface area (TPSA) is 55.3 Å². The molecule has 98 valence electrons. The molecule has 1 aliphatic rings. The molecule has 1 aromatic heterocycles. The van der Waals surface area contributed by atoms with Crippen molar-refractivity contribution in [2.24, 2.45) is 0 Å². The Balaban J connectivity index is 1.80. The van der Waals surface area contributed by atoms with Crippen LogP contribution in [0.15, 0.2) is 18.6 Å². The summed E-state index contributed by atoms with van der Waals surface area (Å²) >= 11 is 0. The maximum atomic E-state index is 12.0. The first kappa shape index (κ1) is 13.0. The molecule has 0 aromatic carbocycles. The number of hydrogen-bond donors (Lipinski definition) is 0. The number of carbonyl (C=O) groups is 1. The largest absolute Gasteiger partial charge is 0.378 e. The number of rotatable bonds is 4. The summed E-state index contributed by atoms with van der Waals surface area (Å²) in [6, 6.07) is 0. The molecule has 2 heterocycles.